The van der Waals surface area contributed by atoms with Crippen LogP contribution < -0.4 is 0 Å². The van der Waals surface area contributed by atoms with Crippen molar-refractivity contribution in [2.75, 3.05) is 0 Å². The van der Waals surface area contributed by atoms with Gasteiger partial charge in [-0.15, -0.1) is 11.8 Å². The van der Waals surface area contributed by atoms with Gasteiger partial charge in [-0.2, -0.15) is 0 Å². The van der Waals surface area contributed by atoms with Crippen molar-refractivity contribution >= 4 is 11.8 Å². The molecule has 2 unspecified atom stereocenters. The molecular weight excluding hydrogens is 92.1 g/mol. The molecule has 0 radical (unpaired) electrons. The van der Waals surface area contributed by atoms with Crippen LogP contribution >= 0.6 is 11.8 Å². The Morgan fingerprint density at radius 2 is 2.67 bits per heavy atom. The fourth-order valence-electron chi connectivity index (χ4n) is 0.862. The van der Waals surface area contributed by atoms with Crippen LogP contribution in [0.25, 0.3) is 0 Å². The highest BCUT2D eigenvalue weighted by Crippen LogP contribution is 2.48. The minimum absolute atomic E-state index is 0.949. The summed E-state index contributed by atoms with van der Waals surface area (Å²) in [7, 11) is 0. The van der Waals surface area contributed by atoms with Crippen LogP contribution in [0.1, 0.15) is 6.42 Å². The Balaban J connectivity index is 2.26. The van der Waals surface area contributed by atoms with Crippen molar-refractivity contribution in [3.05, 3.63) is 12.2 Å². The Kier molecular flexibility index (Phi) is 0.438. The van der Waals surface area contributed by atoms with Gasteiger partial charge >= 0.3 is 0 Å². The fraction of sp³-hybridized carbons (Fsp3) is 0.600. The van der Waals surface area contributed by atoms with E-state index < -0.39 is 0 Å². The van der Waals surface area contributed by atoms with Crippen LogP contribution in [-0.4, -0.2) is 10.5 Å². The molecule has 2 aliphatic rings. The Morgan fingerprint density at radius 3 is 2.83 bits per heavy atom. The SMILES string of the molecule is C1=CC2SC2C1. The summed E-state index contributed by atoms with van der Waals surface area (Å²) in [5.74, 6) is 0. The van der Waals surface area contributed by atoms with Gasteiger partial charge in [0.1, 0.15) is 0 Å². The van der Waals surface area contributed by atoms with E-state index in [0.29, 0.717) is 0 Å². The van der Waals surface area contributed by atoms with Crippen LogP contribution in [0.5, 0.6) is 0 Å². The van der Waals surface area contributed by atoms with E-state index in [1.165, 1.54) is 6.42 Å². The number of hydrogen-bond acceptors (Lipinski definition) is 1. The van der Waals surface area contributed by atoms with Crippen molar-refractivity contribution in [3.63, 3.8) is 0 Å². The van der Waals surface area contributed by atoms with Gasteiger partial charge in [0.2, 0.25) is 0 Å². The molecule has 1 aliphatic carbocycles. The zero-order valence-corrected chi connectivity index (χ0v) is 4.24. The third kappa shape index (κ3) is 0.267. The van der Waals surface area contributed by atoms with Gasteiger partial charge in [-0.1, -0.05) is 12.2 Å². The molecule has 1 heteroatoms. The Morgan fingerprint density at radius 1 is 1.67 bits per heavy atom. The average molecular weight is 98.2 g/mol. The highest BCUT2D eigenvalue weighted by atomic mass is 32.2. The summed E-state index contributed by atoms with van der Waals surface area (Å²) < 4.78 is 0. The van der Waals surface area contributed by atoms with Crippen molar-refractivity contribution in [1.82, 2.24) is 0 Å². The van der Waals surface area contributed by atoms with Crippen LogP contribution in [0, 0.1) is 0 Å². The summed E-state index contributed by atoms with van der Waals surface area (Å²) in [4.78, 5) is 0. The lowest BCUT2D eigenvalue weighted by Gasteiger charge is -1.70. The largest absolute Gasteiger partial charge is 0.148 e. The highest BCUT2D eigenvalue weighted by molar-refractivity contribution is 8.08. The topological polar surface area (TPSA) is 0 Å². The summed E-state index contributed by atoms with van der Waals surface area (Å²) >= 11 is 2.09. The fourth-order valence-corrected chi connectivity index (χ4v) is 1.80. The predicted octanol–water partition coefficient (Wildman–Crippen LogP) is 1.43. The number of thioether (sulfide) groups is 1. The number of fused-ring (bicyclic) bond motifs is 1. The van der Waals surface area contributed by atoms with Crippen molar-refractivity contribution in [1.29, 1.82) is 0 Å². The first kappa shape index (κ1) is 3.14. The maximum atomic E-state index is 2.31. The highest BCUT2D eigenvalue weighted by Gasteiger charge is 2.37. The maximum Gasteiger partial charge on any atom is 0.0352 e. The van der Waals surface area contributed by atoms with Crippen LogP contribution in [0.3, 0.4) is 0 Å². The van der Waals surface area contributed by atoms with Gasteiger partial charge in [-0.3, -0.25) is 0 Å². The first-order valence-corrected chi connectivity index (χ1v) is 3.23. The van der Waals surface area contributed by atoms with Gasteiger partial charge in [-0.05, 0) is 6.42 Å². The molecule has 1 saturated heterocycles. The molecule has 0 aromatic carbocycles. The lowest BCUT2D eigenvalue weighted by Crippen LogP contribution is -1.75. The van der Waals surface area contributed by atoms with Gasteiger partial charge in [0.05, 0.1) is 0 Å². The Bertz CT molecular complexity index is 96.1. The van der Waals surface area contributed by atoms with E-state index in [0.717, 1.165) is 10.5 Å². The van der Waals surface area contributed by atoms with Crippen molar-refractivity contribution in [3.8, 4) is 0 Å². The Hall–Kier alpha value is 0.0900. The molecule has 0 aromatic rings. The standard InChI is InChI=1S/C5H6S/c1-2-4-5(3-1)6-4/h1-2,4-5H,3H2. The predicted molar refractivity (Wildman–Crippen MR) is 28.9 cm³/mol. The third-order valence-electron chi connectivity index (χ3n) is 1.32. The molecular formula is C5H6S. The number of hydrogen-bond donors (Lipinski definition) is 0. The molecule has 1 fully saturated rings. The maximum absolute atomic E-state index is 2.31. The molecule has 0 bridgehead atoms. The summed E-state index contributed by atoms with van der Waals surface area (Å²) in [6.45, 7) is 0. The molecule has 0 amide bonds. The monoisotopic (exact) mass is 98.0 g/mol. The van der Waals surface area contributed by atoms with Gasteiger partial charge < -0.3 is 0 Å². The van der Waals surface area contributed by atoms with Gasteiger partial charge in [0.15, 0.2) is 0 Å². The zero-order valence-electron chi connectivity index (χ0n) is 3.42. The zero-order chi connectivity index (χ0) is 3.98. The number of rotatable bonds is 0. The van der Waals surface area contributed by atoms with Crippen LogP contribution in [0.4, 0.5) is 0 Å². The van der Waals surface area contributed by atoms with E-state index in [9.17, 15) is 0 Å². The molecule has 32 valence electrons. The molecule has 0 nitrogen and oxygen atoms in total. The van der Waals surface area contributed by atoms with Crippen molar-refractivity contribution < 1.29 is 0 Å². The first-order chi connectivity index (χ1) is 2.97. The van der Waals surface area contributed by atoms with E-state index in [-0.39, 0.29) is 0 Å². The Labute approximate surface area is 41.6 Å². The van der Waals surface area contributed by atoms with Crippen LogP contribution in [0.2, 0.25) is 0 Å². The second kappa shape index (κ2) is 0.836. The first-order valence-electron chi connectivity index (χ1n) is 2.29. The molecule has 1 heterocycles. The average Bonchev–Trinajstić information content (AvgIpc) is 2.17. The van der Waals surface area contributed by atoms with Crippen LogP contribution in [-0.2, 0) is 0 Å². The van der Waals surface area contributed by atoms with E-state index >= 15 is 0 Å². The molecule has 0 spiro atoms. The molecule has 0 aromatic heterocycles. The van der Waals surface area contributed by atoms with Crippen molar-refractivity contribution in [2.45, 2.75) is 16.9 Å². The molecule has 0 saturated carbocycles. The molecule has 0 N–H and O–H groups in total. The third-order valence-corrected chi connectivity index (χ3v) is 2.64. The van der Waals surface area contributed by atoms with E-state index in [4.69, 9.17) is 0 Å². The van der Waals surface area contributed by atoms with Gasteiger partial charge in [-0.25, -0.2) is 0 Å². The van der Waals surface area contributed by atoms with Crippen molar-refractivity contribution in [2.24, 2.45) is 0 Å². The minimum atomic E-state index is 0.949. The van der Waals surface area contributed by atoms with Gasteiger partial charge in [0, 0.05) is 10.5 Å². The van der Waals surface area contributed by atoms with E-state index in [1.807, 2.05) is 0 Å². The molecule has 6 heavy (non-hydrogen) atoms. The lowest BCUT2D eigenvalue weighted by atomic mass is 10.4. The molecule has 1 aliphatic heterocycles. The van der Waals surface area contributed by atoms with E-state index in [1.54, 1.807) is 0 Å². The summed E-state index contributed by atoms with van der Waals surface area (Å²) in [5.41, 5.74) is 0. The van der Waals surface area contributed by atoms with E-state index in [2.05, 4.69) is 23.9 Å². The molecule has 2 atom stereocenters. The number of allylic oxidation sites excluding steroid dienone is 1. The summed E-state index contributed by atoms with van der Waals surface area (Å²) in [6.07, 6.45) is 5.94. The van der Waals surface area contributed by atoms with Crippen LogP contribution in [0.15, 0.2) is 12.2 Å². The minimum Gasteiger partial charge on any atom is -0.148 e. The summed E-state index contributed by atoms with van der Waals surface area (Å²) in [6, 6.07) is 0. The quantitative estimate of drug-likeness (QED) is 0.326. The lowest BCUT2D eigenvalue weighted by molar-refractivity contribution is 1.07. The smallest absolute Gasteiger partial charge is 0.0352 e. The second-order valence-electron chi connectivity index (χ2n) is 1.80. The second-order valence-corrected chi connectivity index (χ2v) is 3.23. The normalized spacial score (nSPS) is 49.3. The summed E-state index contributed by atoms with van der Waals surface area (Å²) in [5, 5.41) is 1.97. The molecule has 2 rings (SSSR count). The van der Waals surface area contributed by atoms with Gasteiger partial charge in [0.25, 0.3) is 0 Å².